The van der Waals surface area contributed by atoms with Gasteiger partial charge in [-0.05, 0) is 31.4 Å². The van der Waals surface area contributed by atoms with Gasteiger partial charge in [0.25, 0.3) is 0 Å². The van der Waals surface area contributed by atoms with E-state index in [2.05, 4.69) is 21.6 Å². The third kappa shape index (κ3) is 4.77. The van der Waals surface area contributed by atoms with E-state index in [9.17, 15) is 18.0 Å². The van der Waals surface area contributed by atoms with Crippen LogP contribution in [0.1, 0.15) is 18.9 Å². The standard InChI is InChI=1S/C16H22F3N3O2/c1-11(22-9-7-12-4-2-3-5-13(12)22)10-21-15(24)20-8-6-14(23)16(17,18)19/h2-5,11,14,23H,6-10H2,1H3,(H2,20,21,24). The Hall–Kier alpha value is -1.96. The zero-order valence-electron chi connectivity index (χ0n) is 13.4. The molecular formula is C16H22F3N3O2. The number of rotatable bonds is 6. The molecule has 5 nitrogen and oxygen atoms in total. The van der Waals surface area contributed by atoms with Gasteiger partial charge >= 0.3 is 12.2 Å². The monoisotopic (exact) mass is 345 g/mol. The number of amides is 2. The number of fused-ring (bicyclic) bond motifs is 1. The van der Waals surface area contributed by atoms with Crippen molar-refractivity contribution < 1.29 is 23.1 Å². The first kappa shape index (κ1) is 18.4. The molecule has 3 N–H and O–H groups in total. The molecule has 1 heterocycles. The summed E-state index contributed by atoms with van der Waals surface area (Å²) in [7, 11) is 0. The van der Waals surface area contributed by atoms with Gasteiger partial charge in [0.2, 0.25) is 0 Å². The van der Waals surface area contributed by atoms with Crippen LogP contribution in [0.25, 0.3) is 0 Å². The molecule has 2 unspecified atom stereocenters. The number of aliphatic hydroxyl groups excluding tert-OH is 1. The molecular weight excluding hydrogens is 323 g/mol. The van der Waals surface area contributed by atoms with Crippen molar-refractivity contribution in [3.8, 4) is 0 Å². The van der Waals surface area contributed by atoms with E-state index >= 15 is 0 Å². The zero-order chi connectivity index (χ0) is 17.7. The molecule has 0 radical (unpaired) electrons. The van der Waals surface area contributed by atoms with Crippen LogP contribution in [0.15, 0.2) is 24.3 Å². The van der Waals surface area contributed by atoms with Crippen molar-refractivity contribution in [2.75, 3.05) is 24.5 Å². The molecule has 0 aromatic heterocycles. The fraction of sp³-hybridized carbons (Fsp3) is 0.562. The molecule has 0 fully saturated rings. The van der Waals surface area contributed by atoms with Gasteiger partial charge < -0.3 is 20.6 Å². The first-order valence-electron chi connectivity index (χ1n) is 7.90. The van der Waals surface area contributed by atoms with Crippen LogP contribution in [0.4, 0.5) is 23.7 Å². The van der Waals surface area contributed by atoms with Gasteiger partial charge in [-0.1, -0.05) is 18.2 Å². The summed E-state index contributed by atoms with van der Waals surface area (Å²) in [6.07, 6.45) is -6.68. The van der Waals surface area contributed by atoms with E-state index in [1.54, 1.807) is 0 Å². The van der Waals surface area contributed by atoms with Crippen LogP contribution in [-0.4, -0.2) is 49.1 Å². The van der Waals surface area contributed by atoms with Crippen LogP contribution in [0.2, 0.25) is 0 Å². The molecule has 8 heteroatoms. The summed E-state index contributed by atoms with van der Waals surface area (Å²) >= 11 is 0. The number of hydrogen-bond acceptors (Lipinski definition) is 3. The Labute approximate surface area is 138 Å². The molecule has 0 aliphatic carbocycles. The number of anilines is 1. The van der Waals surface area contributed by atoms with Crippen LogP contribution in [0.5, 0.6) is 0 Å². The van der Waals surface area contributed by atoms with Crippen molar-refractivity contribution in [2.24, 2.45) is 0 Å². The van der Waals surface area contributed by atoms with Crippen LogP contribution in [0.3, 0.4) is 0 Å². The van der Waals surface area contributed by atoms with Gasteiger partial charge in [-0.3, -0.25) is 0 Å². The van der Waals surface area contributed by atoms with E-state index in [4.69, 9.17) is 5.11 Å². The summed E-state index contributed by atoms with van der Waals surface area (Å²) in [4.78, 5) is 13.8. The Bertz CT molecular complexity index is 566. The minimum absolute atomic E-state index is 0.0696. The number of para-hydroxylation sites is 1. The lowest BCUT2D eigenvalue weighted by atomic mass is 10.2. The predicted octanol–water partition coefficient (Wildman–Crippen LogP) is 2.05. The Morgan fingerprint density at radius 2 is 2.04 bits per heavy atom. The van der Waals surface area contributed by atoms with E-state index in [0.717, 1.165) is 18.7 Å². The highest BCUT2D eigenvalue weighted by Crippen LogP contribution is 2.28. The lowest BCUT2D eigenvalue weighted by Gasteiger charge is -2.27. The van der Waals surface area contributed by atoms with Crippen molar-refractivity contribution in [1.29, 1.82) is 0 Å². The van der Waals surface area contributed by atoms with E-state index in [-0.39, 0.29) is 12.6 Å². The normalized spacial score (nSPS) is 16.5. The molecule has 1 aliphatic heterocycles. The lowest BCUT2D eigenvalue weighted by Crippen LogP contribution is -2.45. The molecule has 0 saturated carbocycles. The molecule has 24 heavy (non-hydrogen) atoms. The third-order valence-corrected chi connectivity index (χ3v) is 4.09. The van der Waals surface area contributed by atoms with Crippen LogP contribution in [0, 0.1) is 0 Å². The van der Waals surface area contributed by atoms with E-state index in [0.29, 0.717) is 6.54 Å². The largest absolute Gasteiger partial charge is 0.414 e. The topological polar surface area (TPSA) is 64.6 Å². The summed E-state index contributed by atoms with van der Waals surface area (Å²) in [5.74, 6) is 0. The Morgan fingerprint density at radius 3 is 2.75 bits per heavy atom. The number of aliphatic hydroxyl groups is 1. The predicted molar refractivity (Wildman–Crippen MR) is 85.0 cm³/mol. The molecule has 2 atom stereocenters. The Balaban J connectivity index is 1.71. The van der Waals surface area contributed by atoms with Crippen molar-refractivity contribution in [1.82, 2.24) is 10.6 Å². The smallest absolute Gasteiger partial charge is 0.384 e. The van der Waals surface area contributed by atoms with E-state index in [1.807, 2.05) is 25.1 Å². The number of carbonyl (C=O) groups excluding carboxylic acids is 1. The Kier molecular flexibility index (Phi) is 5.93. The average molecular weight is 345 g/mol. The number of nitrogens with zero attached hydrogens (tertiary/aromatic N) is 1. The SMILES string of the molecule is CC(CNC(=O)NCCC(O)C(F)(F)F)N1CCc2ccccc21. The van der Waals surface area contributed by atoms with E-state index in [1.165, 1.54) is 5.56 Å². The van der Waals surface area contributed by atoms with Gasteiger partial charge in [0.1, 0.15) is 0 Å². The van der Waals surface area contributed by atoms with Gasteiger partial charge in [0.15, 0.2) is 6.10 Å². The maximum atomic E-state index is 12.1. The molecule has 0 saturated heterocycles. The number of urea groups is 1. The number of nitrogens with one attached hydrogen (secondary N) is 2. The van der Waals surface area contributed by atoms with Gasteiger partial charge in [0, 0.05) is 31.4 Å². The molecule has 1 aromatic carbocycles. The highest BCUT2D eigenvalue weighted by molar-refractivity contribution is 5.74. The van der Waals surface area contributed by atoms with Crippen molar-refractivity contribution >= 4 is 11.7 Å². The summed E-state index contributed by atoms with van der Waals surface area (Å²) in [5, 5.41) is 13.8. The summed E-state index contributed by atoms with van der Waals surface area (Å²) in [6.45, 7) is 2.99. The second kappa shape index (κ2) is 7.74. The fourth-order valence-electron chi connectivity index (χ4n) is 2.72. The number of alkyl halides is 3. The van der Waals surface area contributed by atoms with Gasteiger partial charge in [-0.15, -0.1) is 0 Å². The lowest BCUT2D eigenvalue weighted by molar-refractivity contribution is -0.204. The number of benzene rings is 1. The minimum atomic E-state index is -4.66. The molecule has 2 amide bonds. The van der Waals surface area contributed by atoms with Crippen LogP contribution < -0.4 is 15.5 Å². The second-order valence-electron chi connectivity index (χ2n) is 5.90. The minimum Gasteiger partial charge on any atom is -0.384 e. The van der Waals surface area contributed by atoms with Gasteiger partial charge in [-0.2, -0.15) is 13.2 Å². The van der Waals surface area contributed by atoms with Crippen LogP contribution >= 0.6 is 0 Å². The summed E-state index contributed by atoms with van der Waals surface area (Å²) < 4.78 is 36.4. The molecule has 0 bridgehead atoms. The molecule has 1 aliphatic rings. The maximum Gasteiger partial charge on any atom is 0.414 e. The first-order valence-corrected chi connectivity index (χ1v) is 7.90. The van der Waals surface area contributed by atoms with E-state index < -0.39 is 24.7 Å². The quantitative estimate of drug-likeness (QED) is 0.739. The highest BCUT2D eigenvalue weighted by atomic mass is 19.4. The van der Waals surface area contributed by atoms with Crippen molar-refractivity contribution in [2.45, 2.75) is 38.1 Å². The molecule has 2 rings (SSSR count). The van der Waals surface area contributed by atoms with Gasteiger partial charge in [-0.25, -0.2) is 4.79 Å². The van der Waals surface area contributed by atoms with Crippen molar-refractivity contribution in [3.05, 3.63) is 29.8 Å². The molecule has 0 spiro atoms. The third-order valence-electron chi connectivity index (χ3n) is 4.09. The van der Waals surface area contributed by atoms with Gasteiger partial charge in [0.05, 0.1) is 0 Å². The second-order valence-corrected chi connectivity index (χ2v) is 5.90. The Morgan fingerprint density at radius 1 is 1.33 bits per heavy atom. The number of halogens is 3. The highest BCUT2D eigenvalue weighted by Gasteiger charge is 2.37. The molecule has 134 valence electrons. The average Bonchev–Trinajstić information content (AvgIpc) is 2.95. The maximum absolute atomic E-state index is 12.1. The van der Waals surface area contributed by atoms with Crippen molar-refractivity contribution in [3.63, 3.8) is 0 Å². The zero-order valence-corrected chi connectivity index (χ0v) is 13.4. The number of hydrogen-bond donors (Lipinski definition) is 3. The fourth-order valence-corrected chi connectivity index (χ4v) is 2.72. The number of carbonyl (C=O) groups is 1. The molecule has 1 aromatic rings. The summed E-state index contributed by atoms with van der Waals surface area (Å²) in [6, 6.07) is 7.61. The van der Waals surface area contributed by atoms with Crippen LogP contribution in [-0.2, 0) is 6.42 Å². The summed E-state index contributed by atoms with van der Waals surface area (Å²) in [5.41, 5.74) is 2.43. The first-order chi connectivity index (χ1) is 11.3.